The van der Waals surface area contributed by atoms with Gasteiger partial charge in [-0.1, -0.05) is 0 Å². The van der Waals surface area contributed by atoms with E-state index in [2.05, 4.69) is 25.6 Å². The van der Waals surface area contributed by atoms with Gasteiger partial charge in [0.25, 0.3) is 0 Å². The summed E-state index contributed by atoms with van der Waals surface area (Å²) in [5.41, 5.74) is 4.67. The summed E-state index contributed by atoms with van der Waals surface area (Å²) in [7, 11) is 0. The summed E-state index contributed by atoms with van der Waals surface area (Å²) >= 11 is 0. The Balaban J connectivity index is 1.41. The summed E-state index contributed by atoms with van der Waals surface area (Å²) in [6, 6.07) is 6.18. The third-order valence-corrected chi connectivity index (χ3v) is 6.08. The Hall–Kier alpha value is -3.09. The minimum absolute atomic E-state index is 0.224. The van der Waals surface area contributed by atoms with Gasteiger partial charge in [-0.25, -0.2) is 18.7 Å². The Bertz CT molecular complexity index is 1280. The second kappa shape index (κ2) is 6.45. The first-order valence-corrected chi connectivity index (χ1v) is 10.4. The molecule has 7 heteroatoms. The fraction of sp³-hybridized carbons (Fsp3) is 0.348. The van der Waals surface area contributed by atoms with Crippen LogP contribution >= 0.6 is 0 Å². The highest BCUT2D eigenvalue weighted by atomic mass is 19.1. The number of aryl methyl sites for hydroxylation is 1. The lowest BCUT2D eigenvalue weighted by Crippen LogP contribution is -2.05. The number of pyridine rings is 1. The van der Waals surface area contributed by atoms with Crippen molar-refractivity contribution >= 4 is 11.0 Å². The minimum atomic E-state index is -0.460. The van der Waals surface area contributed by atoms with Crippen LogP contribution in [0.15, 0.2) is 36.8 Å². The predicted octanol–water partition coefficient (Wildman–Crippen LogP) is 5.14. The van der Waals surface area contributed by atoms with E-state index >= 15 is 0 Å². The van der Waals surface area contributed by atoms with Crippen LogP contribution in [0.5, 0.6) is 0 Å². The highest BCUT2D eigenvalue weighted by Gasteiger charge is 2.32. The first-order chi connectivity index (χ1) is 14.6. The molecule has 4 aromatic rings. The molecule has 0 bridgehead atoms. The summed E-state index contributed by atoms with van der Waals surface area (Å²) in [6.07, 6.45) is 8.02. The number of benzene rings is 1. The number of nitrogens with zero attached hydrogens (tertiary/aromatic N) is 5. The Morgan fingerprint density at radius 2 is 1.90 bits per heavy atom. The first-order valence-electron chi connectivity index (χ1n) is 10.4. The summed E-state index contributed by atoms with van der Waals surface area (Å²) in [4.78, 5) is 13.7. The topological polar surface area (TPSA) is 48.5 Å². The van der Waals surface area contributed by atoms with Crippen LogP contribution in [0.1, 0.15) is 54.9 Å². The third kappa shape index (κ3) is 2.91. The van der Waals surface area contributed by atoms with Crippen LogP contribution in [-0.4, -0.2) is 24.1 Å². The molecule has 0 radical (unpaired) electrons. The van der Waals surface area contributed by atoms with Crippen molar-refractivity contribution in [2.45, 2.75) is 51.1 Å². The van der Waals surface area contributed by atoms with Gasteiger partial charge >= 0.3 is 0 Å². The van der Waals surface area contributed by atoms with Crippen molar-refractivity contribution in [2.24, 2.45) is 0 Å². The molecular weight excluding hydrogens is 384 g/mol. The smallest absolute Gasteiger partial charge is 0.132 e. The molecular formula is C23H21F2N5. The number of aromatic nitrogens is 5. The van der Waals surface area contributed by atoms with E-state index in [0.717, 1.165) is 53.2 Å². The van der Waals surface area contributed by atoms with E-state index in [1.54, 1.807) is 6.33 Å². The summed E-state index contributed by atoms with van der Waals surface area (Å²) in [5, 5.41) is 0. The predicted molar refractivity (Wildman–Crippen MR) is 109 cm³/mol. The highest BCUT2D eigenvalue weighted by molar-refractivity contribution is 5.76. The Labute approximate surface area is 172 Å². The lowest BCUT2D eigenvalue weighted by Gasteiger charge is -2.11. The zero-order valence-corrected chi connectivity index (χ0v) is 16.6. The third-order valence-electron chi connectivity index (χ3n) is 6.08. The molecule has 0 aliphatic heterocycles. The van der Waals surface area contributed by atoms with E-state index in [4.69, 9.17) is 0 Å². The van der Waals surface area contributed by atoms with Gasteiger partial charge in [0, 0.05) is 23.2 Å². The van der Waals surface area contributed by atoms with Gasteiger partial charge in [-0.2, -0.15) is 0 Å². The van der Waals surface area contributed by atoms with Gasteiger partial charge in [0.1, 0.15) is 23.0 Å². The Morgan fingerprint density at radius 1 is 1.07 bits per heavy atom. The number of hydrogen-bond donors (Lipinski definition) is 0. The van der Waals surface area contributed by atoms with Gasteiger partial charge in [-0.15, -0.1) is 0 Å². The van der Waals surface area contributed by atoms with Crippen molar-refractivity contribution in [1.29, 1.82) is 0 Å². The van der Waals surface area contributed by atoms with Crippen LogP contribution in [0.25, 0.3) is 22.3 Å². The van der Waals surface area contributed by atoms with Gasteiger partial charge in [0.05, 0.1) is 36.0 Å². The van der Waals surface area contributed by atoms with Crippen LogP contribution in [0.2, 0.25) is 0 Å². The maximum atomic E-state index is 14.4. The van der Waals surface area contributed by atoms with Gasteiger partial charge in [0.2, 0.25) is 0 Å². The zero-order chi connectivity index (χ0) is 20.4. The molecule has 5 nitrogen and oxygen atoms in total. The van der Waals surface area contributed by atoms with Crippen molar-refractivity contribution in [2.75, 3.05) is 0 Å². The van der Waals surface area contributed by atoms with E-state index in [9.17, 15) is 8.78 Å². The monoisotopic (exact) mass is 405 g/mol. The molecule has 1 aromatic carbocycles. The number of imidazole rings is 2. The van der Waals surface area contributed by atoms with Crippen LogP contribution in [-0.2, 0) is 6.54 Å². The average molecular weight is 405 g/mol. The molecule has 3 heterocycles. The number of hydrogen-bond acceptors (Lipinski definition) is 3. The van der Waals surface area contributed by atoms with Crippen molar-refractivity contribution in [3.05, 3.63) is 65.6 Å². The molecule has 3 aromatic heterocycles. The molecule has 30 heavy (non-hydrogen) atoms. The number of fused-ring (bicyclic) bond motifs is 1. The molecule has 0 unspecified atom stereocenters. The molecule has 2 aliphatic carbocycles. The summed E-state index contributed by atoms with van der Waals surface area (Å²) < 4.78 is 32.5. The van der Waals surface area contributed by atoms with Gasteiger partial charge < -0.3 is 9.13 Å². The molecule has 152 valence electrons. The van der Waals surface area contributed by atoms with Crippen molar-refractivity contribution < 1.29 is 8.78 Å². The molecule has 6 rings (SSSR count). The van der Waals surface area contributed by atoms with Gasteiger partial charge in [-0.3, -0.25) is 4.98 Å². The minimum Gasteiger partial charge on any atom is -0.328 e. The van der Waals surface area contributed by atoms with Crippen LogP contribution in [0, 0.1) is 18.6 Å². The van der Waals surface area contributed by atoms with Crippen LogP contribution in [0.4, 0.5) is 8.78 Å². The standard InChI is InChI=1S/C23H21F2N5/c1-13-28-20-10-26-16(9-21(20)30(13)17-5-6-17)11-29-12-27-22(23(29)14-2-3-14)18-8-15(24)4-7-19(18)25/h4,7-10,12,14,17H,2-3,5-6,11H2,1H3. The van der Waals surface area contributed by atoms with Crippen molar-refractivity contribution in [3.8, 4) is 11.3 Å². The van der Waals surface area contributed by atoms with Gasteiger partial charge in [0.15, 0.2) is 0 Å². The average Bonchev–Trinajstić information content (AvgIpc) is 3.66. The molecule has 0 atom stereocenters. The molecule has 2 aliphatic rings. The Morgan fingerprint density at radius 3 is 2.67 bits per heavy atom. The lowest BCUT2D eigenvalue weighted by atomic mass is 10.1. The second-order valence-electron chi connectivity index (χ2n) is 8.43. The molecule has 0 amide bonds. The Kier molecular flexibility index (Phi) is 3.82. The fourth-order valence-corrected chi connectivity index (χ4v) is 4.40. The normalized spacial score (nSPS) is 16.5. The molecule has 2 fully saturated rings. The molecule has 0 saturated heterocycles. The molecule has 0 spiro atoms. The first kappa shape index (κ1) is 17.7. The van der Waals surface area contributed by atoms with Crippen molar-refractivity contribution in [1.82, 2.24) is 24.1 Å². The van der Waals surface area contributed by atoms with Gasteiger partial charge in [-0.05, 0) is 56.9 Å². The van der Waals surface area contributed by atoms with E-state index < -0.39 is 11.6 Å². The summed E-state index contributed by atoms with van der Waals surface area (Å²) in [6.45, 7) is 2.58. The van der Waals surface area contributed by atoms with Crippen molar-refractivity contribution in [3.63, 3.8) is 0 Å². The molecule has 2 saturated carbocycles. The SMILES string of the molecule is Cc1nc2cnc(Cn3cnc(-c4cc(F)ccc4F)c3C3CC3)cc2n1C1CC1. The number of halogens is 2. The quantitative estimate of drug-likeness (QED) is 0.462. The fourth-order valence-electron chi connectivity index (χ4n) is 4.40. The lowest BCUT2D eigenvalue weighted by molar-refractivity contribution is 0.602. The maximum Gasteiger partial charge on any atom is 0.132 e. The summed E-state index contributed by atoms with van der Waals surface area (Å²) in [5.74, 6) is 0.440. The largest absolute Gasteiger partial charge is 0.328 e. The van der Waals surface area contributed by atoms with Crippen LogP contribution in [0.3, 0.4) is 0 Å². The molecule has 0 N–H and O–H groups in total. The van der Waals surface area contributed by atoms with Crippen LogP contribution < -0.4 is 0 Å². The van der Waals surface area contributed by atoms with E-state index in [-0.39, 0.29) is 5.56 Å². The number of rotatable bonds is 5. The van der Waals surface area contributed by atoms with E-state index in [0.29, 0.717) is 24.2 Å². The van der Waals surface area contributed by atoms with E-state index in [1.165, 1.54) is 18.9 Å². The highest BCUT2D eigenvalue weighted by Crippen LogP contribution is 2.45. The van der Waals surface area contributed by atoms with E-state index in [1.807, 2.05) is 17.7 Å². The zero-order valence-electron chi connectivity index (χ0n) is 16.6. The maximum absolute atomic E-state index is 14.4. The second-order valence-corrected chi connectivity index (χ2v) is 8.43.